The molecule has 3 aromatic heterocycles. The molecule has 0 unspecified atom stereocenters. The molecule has 3 heterocycles. The number of aromatic nitrogens is 2. The van der Waals surface area contributed by atoms with Crippen LogP contribution in [0.1, 0.15) is 29.5 Å². The van der Waals surface area contributed by atoms with E-state index >= 15 is 0 Å². The van der Waals surface area contributed by atoms with Crippen molar-refractivity contribution >= 4 is 5.91 Å². The molecule has 128 valence electrons. The molecule has 0 radical (unpaired) electrons. The molecule has 0 saturated carbocycles. The number of ether oxygens (including phenoxy) is 1. The molecule has 0 fully saturated rings. The Hall–Kier alpha value is -3.15. The van der Waals surface area contributed by atoms with Crippen LogP contribution in [0.3, 0.4) is 0 Å². The van der Waals surface area contributed by atoms with Crippen LogP contribution in [0.4, 0.5) is 0 Å². The highest BCUT2D eigenvalue weighted by Gasteiger charge is 2.16. The van der Waals surface area contributed by atoms with Gasteiger partial charge in [0.05, 0.1) is 12.5 Å². The lowest BCUT2D eigenvalue weighted by Gasteiger charge is -2.15. The number of amides is 1. The molecule has 0 spiro atoms. The van der Waals surface area contributed by atoms with Crippen LogP contribution in [0.5, 0.6) is 11.6 Å². The summed E-state index contributed by atoms with van der Waals surface area (Å²) >= 11 is 0. The van der Waals surface area contributed by atoms with Gasteiger partial charge in [0.1, 0.15) is 17.1 Å². The van der Waals surface area contributed by atoms with Crippen LogP contribution in [0.25, 0.3) is 0 Å². The smallest absolute Gasteiger partial charge is 0.256 e. The van der Waals surface area contributed by atoms with Gasteiger partial charge in [0, 0.05) is 24.9 Å². The predicted octanol–water partition coefficient (Wildman–Crippen LogP) is 3.61. The maximum atomic E-state index is 12.6. The molecule has 3 rings (SSSR count). The van der Waals surface area contributed by atoms with Crippen LogP contribution in [0, 0.1) is 0 Å². The number of rotatable bonds is 7. The molecule has 0 bridgehead atoms. The zero-order valence-corrected chi connectivity index (χ0v) is 13.9. The minimum absolute atomic E-state index is 0.0101. The van der Waals surface area contributed by atoms with E-state index < -0.39 is 0 Å². The number of carbonyl (C=O) groups is 1. The molecule has 0 aliphatic carbocycles. The summed E-state index contributed by atoms with van der Waals surface area (Å²) in [5.41, 5.74) is 0.385. The summed E-state index contributed by atoms with van der Waals surface area (Å²) in [4.78, 5) is 20.7. The molecule has 3 aromatic rings. The van der Waals surface area contributed by atoms with E-state index in [1.54, 1.807) is 49.1 Å². The minimum Gasteiger partial charge on any atom is -0.469 e. The Bertz CT molecular complexity index is 804. The standard InChI is InChI=1S/C19H19N3O3/c1-14(8-9-15-6-4-12-24-15)22-18(23)17-7-3-11-21-19(17)25-16-5-2-10-20-13-16/h2-7,10-14H,8-9H2,1H3,(H,22,23)/t14-/m1/s1. The summed E-state index contributed by atoms with van der Waals surface area (Å²) in [7, 11) is 0. The topological polar surface area (TPSA) is 77.2 Å². The molecule has 0 aromatic carbocycles. The Morgan fingerprint density at radius 3 is 2.88 bits per heavy atom. The Kier molecular flexibility index (Phi) is 5.41. The number of nitrogens with zero attached hydrogens (tertiary/aromatic N) is 2. The van der Waals surface area contributed by atoms with Crippen molar-refractivity contribution in [1.29, 1.82) is 0 Å². The lowest BCUT2D eigenvalue weighted by atomic mass is 10.1. The van der Waals surface area contributed by atoms with Crippen LogP contribution in [-0.2, 0) is 6.42 Å². The van der Waals surface area contributed by atoms with Gasteiger partial charge in [-0.3, -0.25) is 9.78 Å². The highest BCUT2D eigenvalue weighted by atomic mass is 16.5. The number of nitrogens with one attached hydrogen (secondary N) is 1. The summed E-state index contributed by atoms with van der Waals surface area (Å²) in [6.45, 7) is 1.96. The van der Waals surface area contributed by atoms with Crippen LogP contribution in [0.15, 0.2) is 65.7 Å². The van der Waals surface area contributed by atoms with E-state index in [0.717, 1.165) is 18.6 Å². The molecule has 0 saturated heterocycles. The fourth-order valence-electron chi connectivity index (χ4n) is 2.35. The van der Waals surface area contributed by atoms with Crippen LogP contribution in [0.2, 0.25) is 0 Å². The molecule has 6 heteroatoms. The number of hydrogen-bond donors (Lipinski definition) is 1. The first-order valence-corrected chi connectivity index (χ1v) is 8.08. The van der Waals surface area contributed by atoms with Gasteiger partial charge in [0.25, 0.3) is 5.91 Å². The number of aryl methyl sites for hydroxylation is 1. The second-order valence-corrected chi connectivity index (χ2v) is 5.64. The van der Waals surface area contributed by atoms with Gasteiger partial charge < -0.3 is 14.5 Å². The van der Waals surface area contributed by atoms with E-state index in [2.05, 4.69) is 15.3 Å². The first-order valence-electron chi connectivity index (χ1n) is 8.08. The Morgan fingerprint density at radius 1 is 1.24 bits per heavy atom. The van der Waals surface area contributed by atoms with Crippen LogP contribution >= 0.6 is 0 Å². The average Bonchev–Trinajstić information content (AvgIpc) is 3.15. The summed E-state index contributed by atoms with van der Waals surface area (Å²) in [5, 5.41) is 2.97. The molecule has 1 amide bonds. The van der Waals surface area contributed by atoms with Gasteiger partial charge >= 0.3 is 0 Å². The Labute approximate surface area is 145 Å². The van der Waals surface area contributed by atoms with Gasteiger partial charge in [-0.1, -0.05) is 0 Å². The van der Waals surface area contributed by atoms with Crippen LogP contribution in [-0.4, -0.2) is 21.9 Å². The summed E-state index contributed by atoms with van der Waals surface area (Å²) in [5.74, 6) is 1.47. The van der Waals surface area contributed by atoms with Crippen LogP contribution < -0.4 is 10.1 Å². The van der Waals surface area contributed by atoms with Crippen molar-refractivity contribution in [1.82, 2.24) is 15.3 Å². The van der Waals surface area contributed by atoms with E-state index in [4.69, 9.17) is 9.15 Å². The van der Waals surface area contributed by atoms with Gasteiger partial charge in [-0.15, -0.1) is 0 Å². The second kappa shape index (κ2) is 8.10. The predicted molar refractivity (Wildman–Crippen MR) is 92.5 cm³/mol. The monoisotopic (exact) mass is 337 g/mol. The van der Waals surface area contributed by atoms with Crippen molar-refractivity contribution in [3.05, 3.63) is 72.6 Å². The quantitative estimate of drug-likeness (QED) is 0.712. The molecule has 0 aliphatic heterocycles. The van der Waals surface area contributed by atoms with Crippen molar-refractivity contribution in [2.45, 2.75) is 25.8 Å². The average molecular weight is 337 g/mol. The first kappa shape index (κ1) is 16.7. The fourth-order valence-corrected chi connectivity index (χ4v) is 2.35. The molecule has 1 atom stereocenters. The van der Waals surface area contributed by atoms with Crippen molar-refractivity contribution < 1.29 is 13.9 Å². The van der Waals surface area contributed by atoms with E-state index in [1.165, 1.54) is 0 Å². The van der Waals surface area contributed by atoms with Gasteiger partial charge in [-0.25, -0.2) is 4.98 Å². The molecule has 0 aliphatic rings. The summed E-state index contributed by atoms with van der Waals surface area (Å²) in [6, 6.07) is 10.7. The second-order valence-electron chi connectivity index (χ2n) is 5.64. The van der Waals surface area contributed by atoms with Crippen molar-refractivity contribution in [3.63, 3.8) is 0 Å². The van der Waals surface area contributed by atoms with Crippen molar-refractivity contribution in [2.24, 2.45) is 0 Å². The van der Waals surface area contributed by atoms with Gasteiger partial charge in [-0.05, 0) is 49.7 Å². The third kappa shape index (κ3) is 4.67. The number of hydrogen-bond acceptors (Lipinski definition) is 5. The Balaban J connectivity index is 1.63. The fraction of sp³-hybridized carbons (Fsp3) is 0.211. The maximum absolute atomic E-state index is 12.6. The normalized spacial score (nSPS) is 11.7. The van der Waals surface area contributed by atoms with E-state index in [0.29, 0.717) is 11.3 Å². The van der Waals surface area contributed by atoms with Gasteiger partial charge in [0.2, 0.25) is 5.88 Å². The molecule has 1 N–H and O–H groups in total. The molecular formula is C19H19N3O3. The lowest BCUT2D eigenvalue weighted by Crippen LogP contribution is -2.33. The summed E-state index contributed by atoms with van der Waals surface area (Å²) in [6.07, 6.45) is 8.00. The van der Waals surface area contributed by atoms with E-state index in [-0.39, 0.29) is 17.8 Å². The molecule has 6 nitrogen and oxygen atoms in total. The highest BCUT2D eigenvalue weighted by molar-refractivity contribution is 5.96. The zero-order chi connectivity index (χ0) is 17.5. The zero-order valence-electron chi connectivity index (χ0n) is 13.9. The lowest BCUT2D eigenvalue weighted by molar-refractivity contribution is 0.0935. The largest absolute Gasteiger partial charge is 0.469 e. The van der Waals surface area contributed by atoms with E-state index in [1.807, 2.05) is 19.1 Å². The van der Waals surface area contributed by atoms with Crippen molar-refractivity contribution in [2.75, 3.05) is 0 Å². The third-order valence-corrected chi connectivity index (χ3v) is 3.65. The number of carbonyl (C=O) groups excluding carboxylic acids is 1. The maximum Gasteiger partial charge on any atom is 0.256 e. The third-order valence-electron chi connectivity index (χ3n) is 3.65. The summed E-state index contributed by atoms with van der Waals surface area (Å²) < 4.78 is 11.0. The van der Waals surface area contributed by atoms with Gasteiger partial charge in [0.15, 0.2) is 0 Å². The van der Waals surface area contributed by atoms with Gasteiger partial charge in [-0.2, -0.15) is 0 Å². The van der Waals surface area contributed by atoms with Crippen molar-refractivity contribution in [3.8, 4) is 11.6 Å². The van der Waals surface area contributed by atoms with E-state index in [9.17, 15) is 4.79 Å². The molecular weight excluding hydrogens is 318 g/mol. The molecule has 25 heavy (non-hydrogen) atoms. The first-order chi connectivity index (χ1) is 12.2. The number of furan rings is 1. The number of pyridine rings is 2. The SMILES string of the molecule is C[C@H](CCc1ccco1)NC(=O)c1cccnc1Oc1cccnc1. The Morgan fingerprint density at radius 2 is 2.12 bits per heavy atom. The minimum atomic E-state index is -0.223. The highest BCUT2D eigenvalue weighted by Crippen LogP contribution is 2.22.